The minimum Gasteiger partial charge on any atom is -0.282 e. The van der Waals surface area contributed by atoms with Gasteiger partial charge in [-0.1, -0.05) is 36.4 Å². The first-order valence-corrected chi connectivity index (χ1v) is 4.48. The number of hydrogen-bond acceptors (Lipinski definition) is 1. The second kappa shape index (κ2) is 4.88. The van der Waals surface area contributed by atoms with Gasteiger partial charge in [-0.25, -0.2) is 0 Å². The lowest BCUT2D eigenvalue weighted by molar-refractivity contribution is -0.106. The minimum absolute atomic E-state index is 0.0848. The van der Waals surface area contributed by atoms with Gasteiger partial charge in [0.2, 0.25) is 4.69 Å². The fraction of sp³-hybridized carbons (Fsp3) is 0.100. The normalized spacial score (nSPS) is 10.4. The van der Waals surface area contributed by atoms with Gasteiger partial charge in [-0.05, 0) is 34.0 Å². The van der Waals surface area contributed by atoms with Crippen LogP contribution in [0.2, 0.25) is 0 Å². The molecule has 12 heavy (non-hydrogen) atoms. The van der Waals surface area contributed by atoms with Crippen LogP contribution in [-0.4, -0.2) is 4.69 Å². The summed E-state index contributed by atoms with van der Waals surface area (Å²) in [6.07, 6.45) is 4.16. The molecule has 0 spiro atoms. The molecular weight excluding hydrogens is 216 g/mol. The maximum atomic E-state index is 10.5. The van der Waals surface area contributed by atoms with Crippen molar-refractivity contribution in [2.45, 2.75) is 6.42 Å². The number of halogens is 1. The molecule has 0 atom stereocenters. The second-order valence-electron chi connectivity index (χ2n) is 2.40. The Labute approximate surface area is 80.2 Å². The van der Waals surface area contributed by atoms with E-state index >= 15 is 0 Å². The van der Waals surface area contributed by atoms with Gasteiger partial charge in [-0.15, -0.1) is 0 Å². The number of benzene rings is 1. The largest absolute Gasteiger partial charge is 0.282 e. The monoisotopic (exact) mass is 224 g/mol. The maximum absolute atomic E-state index is 10.5. The summed E-state index contributed by atoms with van der Waals surface area (Å²) >= 11 is 2.82. The van der Waals surface area contributed by atoms with Crippen LogP contribution < -0.4 is 0 Å². The van der Waals surface area contributed by atoms with Crippen molar-refractivity contribution in [1.82, 2.24) is 0 Å². The van der Waals surface area contributed by atoms with Crippen molar-refractivity contribution in [3.8, 4) is 0 Å². The average molecular weight is 225 g/mol. The molecule has 0 aliphatic heterocycles. The molecule has 62 valence electrons. The van der Waals surface area contributed by atoms with Crippen molar-refractivity contribution < 1.29 is 4.79 Å². The molecule has 0 saturated carbocycles. The van der Waals surface area contributed by atoms with Crippen LogP contribution >= 0.6 is 15.9 Å². The third-order valence-electron chi connectivity index (χ3n) is 1.45. The molecule has 0 N–H and O–H groups in total. The molecule has 0 heterocycles. The molecule has 1 rings (SSSR count). The van der Waals surface area contributed by atoms with E-state index in [0.717, 1.165) is 6.42 Å². The van der Waals surface area contributed by atoms with Crippen LogP contribution in [0.5, 0.6) is 0 Å². The molecule has 0 aliphatic rings. The van der Waals surface area contributed by atoms with Gasteiger partial charge in [0.1, 0.15) is 0 Å². The van der Waals surface area contributed by atoms with E-state index in [1.807, 2.05) is 36.4 Å². The van der Waals surface area contributed by atoms with Gasteiger partial charge in [0, 0.05) is 0 Å². The number of allylic oxidation sites excluding steroid dienone is 2. The highest BCUT2D eigenvalue weighted by Crippen LogP contribution is 2.00. The molecule has 1 aromatic rings. The lowest BCUT2D eigenvalue weighted by Gasteiger charge is -1.92. The molecule has 1 nitrogen and oxygen atoms in total. The predicted octanol–water partition coefficient (Wildman–Crippen LogP) is 2.71. The number of carbonyl (C=O) groups is 1. The molecule has 2 heteroatoms. The zero-order valence-corrected chi connectivity index (χ0v) is 8.12. The first-order valence-electron chi connectivity index (χ1n) is 3.69. The van der Waals surface area contributed by atoms with Gasteiger partial charge in [0.05, 0.1) is 0 Å². The van der Waals surface area contributed by atoms with Gasteiger partial charge in [0.25, 0.3) is 0 Å². The van der Waals surface area contributed by atoms with Crippen LogP contribution in [0.25, 0.3) is 0 Å². The highest BCUT2D eigenvalue weighted by atomic mass is 79.9. The van der Waals surface area contributed by atoms with E-state index in [-0.39, 0.29) is 4.69 Å². The Morgan fingerprint density at radius 1 is 1.33 bits per heavy atom. The molecule has 0 bridgehead atoms. The first kappa shape index (κ1) is 9.20. The fourth-order valence-electron chi connectivity index (χ4n) is 0.902. The van der Waals surface area contributed by atoms with Crippen LogP contribution in [0.4, 0.5) is 0 Å². The minimum atomic E-state index is -0.0848. The average Bonchev–Trinajstić information content (AvgIpc) is 2.05. The Morgan fingerprint density at radius 2 is 2.00 bits per heavy atom. The summed E-state index contributed by atoms with van der Waals surface area (Å²) in [5, 5.41) is 0. The van der Waals surface area contributed by atoms with Crippen molar-refractivity contribution in [2.75, 3.05) is 0 Å². The van der Waals surface area contributed by atoms with Crippen molar-refractivity contribution in [2.24, 2.45) is 0 Å². The molecule has 0 aliphatic carbocycles. The van der Waals surface area contributed by atoms with Gasteiger partial charge in [-0.2, -0.15) is 0 Å². The van der Waals surface area contributed by atoms with Crippen LogP contribution in [0.1, 0.15) is 5.56 Å². The summed E-state index contributed by atoms with van der Waals surface area (Å²) < 4.78 is -0.0848. The molecule has 0 radical (unpaired) electrons. The molecular formula is C10H9BrO. The Hall–Kier alpha value is -0.890. The van der Waals surface area contributed by atoms with Crippen LogP contribution in [0.3, 0.4) is 0 Å². The van der Waals surface area contributed by atoms with E-state index in [9.17, 15) is 4.79 Å². The first-order chi connectivity index (χ1) is 5.79. The second-order valence-corrected chi connectivity index (χ2v) is 3.18. The zero-order chi connectivity index (χ0) is 8.81. The van der Waals surface area contributed by atoms with E-state index < -0.39 is 0 Å². The van der Waals surface area contributed by atoms with Crippen molar-refractivity contribution >= 4 is 20.6 Å². The summed E-state index contributed by atoms with van der Waals surface area (Å²) in [4.78, 5) is 10.5. The van der Waals surface area contributed by atoms with Crippen molar-refractivity contribution in [3.05, 3.63) is 48.0 Å². The van der Waals surface area contributed by atoms with Crippen LogP contribution in [0, 0.1) is 0 Å². The lowest BCUT2D eigenvalue weighted by Crippen LogP contribution is -1.80. The van der Waals surface area contributed by atoms with Crippen molar-refractivity contribution in [3.63, 3.8) is 0 Å². The van der Waals surface area contributed by atoms with E-state index in [4.69, 9.17) is 0 Å². The Balaban J connectivity index is 2.49. The summed E-state index contributed by atoms with van der Waals surface area (Å²) in [6, 6.07) is 10.0. The van der Waals surface area contributed by atoms with Gasteiger partial charge in [-0.3, -0.25) is 4.79 Å². The molecule has 0 aromatic heterocycles. The molecule has 0 saturated heterocycles. The standard InChI is InChI=1S/C10H9BrO/c11-10(12)8-4-7-9-5-2-1-3-6-9/h1-6,8H,7H2. The van der Waals surface area contributed by atoms with Gasteiger partial charge in [0.15, 0.2) is 0 Å². The molecule has 1 aromatic carbocycles. The summed E-state index contributed by atoms with van der Waals surface area (Å²) in [7, 11) is 0. The maximum Gasteiger partial charge on any atom is 0.220 e. The lowest BCUT2D eigenvalue weighted by atomic mass is 10.1. The third kappa shape index (κ3) is 3.49. The predicted molar refractivity (Wildman–Crippen MR) is 53.2 cm³/mol. The number of rotatable bonds is 3. The highest BCUT2D eigenvalue weighted by Gasteiger charge is 1.87. The highest BCUT2D eigenvalue weighted by molar-refractivity contribution is 9.18. The van der Waals surface area contributed by atoms with E-state index in [2.05, 4.69) is 15.9 Å². The summed E-state index contributed by atoms with van der Waals surface area (Å²) in [6.45, 7) is 0. The molecule has 0 unspecified atom stereocenters. The Kier molecular flexibility index (Phi) is 3.74. The molecule has 0 amide bonds. The zero-order valence-electron chi connectivity index (χ0n) is 6.53. The van der Waals surface area contributed by atoms with Crippen LogP contribution in [-0.2, 0) is 11.2 Å². The molecule has 0 fully saturated rings. The topological polar surface area (TPSA) is 17.1 Å². The van der Waals surface area contributed by atoms with Gasteiger partial charge < -0.3 is 0 Å². The van der Waals surface area contributed by atoms with E-state index in [1.165, 1.54) is 11.6 Å². The number of hydrogen-bond donors (Lipinski definition) is 0. The third-order valence-corrected chi connectivity index (χ3v) is 1.71. The van der Waals surface area contributed by atoms with Crippen LogP contribution in [0.15, 0.2) is 42.5 Å². The summed E-state index contributed by atoms with van der Waals surface area (Å²) in [5.74, 6) is 0. The summed E-state index contributed by atoms with van der Waals surface area (Å²) in [5.41, 5.74) is 1.21. The van der Waals surface area contributed by atoms with E-state index in [0.29, 0.717) is 0 Å². The smallest absolute Gasteiger partial charge is 0.220 e. The SMILES string of the molecule is O=C(Br)C=CCc1ccccc1. The fourth-order valence-corrected chi connectivity index (χ4v) is 1.09. The Morgan fingerprint density at radius 3 is 2.58 bits per heavy atom. The van der Waals surface area contributed by atoms with E-state index in [1.54, 1.807) is 0 Å². The quantitative estimate of drug-likeness (QED) is 0.571. The Bertz CT molecular complexity index is 277. The van der Waals surface area contributed by atoms with Crippen molar-refractivity contribution in [1.29, 1.82) is 0 Å². The number of carbonyl (C=O) groups excluding carboxylic acids is 1. The van der Waals surface area contributed by atoms with Gasteiger partial charge >= 0.3 is 0 Å².